The summed E-state index contributed by atoms with van der Waals surface area (Å²) in [7, 11) is 0. The van der Waals surface area contributed by atoms with Gasteiger partial charge in [-0.2, -0.15) is 0 Å². The highest BCUT2D eigenvalue weighted by Crippen LogP contribution is 2.28. The first-order chi connectivity index (χ1) is 13.0. The second-order valence-corrected chi connectivity index (χ2v) is 7.19. The lowest BCUT2D eigenvalue weighted by atomic mass is 10.1. The van der Waals surface area contributed by atoms with Gasteiger partial charge < -0.3 is 15.0 Å². The minimum Gasteiger partial charge on any atom is -0.506 e. The van der Waals surface area contributed by atoms with Gasteiger partial charge in [0.15, 0.2) is 0 Å². The number of carbonyl (C=O) groups excluding carboxylic acids is 1. The summed E-state index contributed by atoms with van der Waals surface area (Å²) in [6.07, 6.45) is 2.84. The summed E-state index contributed by atoms with van der Waals surface area (Å²) in [5, 5.41) is 13.9. The van der Waals surface area contributed by atoms with E-state index in [4.69, 9.17) is 0 Å². The number of nitrogens with one attached hydrogen (secondary N) is 1. The maximum absolute atomic E-state index is 13.0. The van der Waals surface area contributed by atoms with Gasteiger partial charge in [0.05, 0.1) is 11.2 Å². The Kier molecular flexibility index (Phi) is 5.96. The average Bonchev–Trinajstić information content (AvgIpc) is 2.66. The molecular formula is C21H21BrN2O3. The second-order valence-electron chi connectivity index (χ2n) is 6.34. The van der Waals surface area contributed by atoms with Crippen LogP contribution in [0.15, 0.2) is 57.8 Å². The van der Waals surface area contributed by atoms with E-state index in [0.717, 1.165) is 19.3 Å². The van der Waals surface area contributed by atoms with E-state index in [1.54, 1.807) is 41.0 Å². The smallest absolute Gasteiger partial charge is 0.267 e. The van der Waals surface area contributed by atoms with Crippen molar-refractivity contribution in [3.8, 4) is 5.75 Å². The van der Waals surface area contributed by atoms with Crippen LogP contribution < -0.4 is 10.9 Å². The zero-order valence-corrected chi connectivity index (χ0v) is 16.6. The van der Waals surface area contributed by atoms with Gasteiger partial charge in [-0.05, 0) is 46.6 Å². The van der Waals surface area contributed by atoms with Crippen LogP contribution in [-0.4, -0.2) is 15.6 Å². The van der Waals surface area contributed by atoms with Crippen LogP contribution in [0.4, 0.5) is 5.69 Å². The number of unbranched alkanes of at least 4 members (excludes halogenated alkanes) is 2. The Hall–Kier alpha value is -2.60. The van der Waals surface area contributed by atoms with Crippen LogP contribution >= 0.6 is 15.9 Å². The molecule has 5 nitrogen and oxygen atoms in total. The molecule has 140 valence electrons. The molecular weight excluding hydrogens is 408 g/mol. The first kappa shape index (κ1) is 19.2. The summed E-state index contributed by atoms with van der Waals surface area (Å²) in [5.41, 5.74) is 0.452. The van der Waals surface area contributed by atoms with Crippen LogP contribution in [0.5, 0.6) is 5.75 Å². The Morgan fingerprint density at radius 3 is 2.56 bits per heavy atom. The number of nitrogens with zero attached hydrogens (tertiary/aromatic N) is 1. The number of hydrogen-bond donors (Lipinski definition) is 2. The van der Waals surface area contributed by atoms with E-state index >= 15 is 0 Å². The zero-order valence-electron chi connectivity index (χ0n) is 15.0. The number of aryl methyl sites for hydroxylation is 1. The van der Waals surface area contributed by atoms with Crippen molar-refractivity contribution < 1.29 is 9.90 Å². The molecule has 27 heavy (non-hydrogen) atoms. The lowest BCUT2D eigenvalue weighted by Crippen LogP contribution is -2.30. The molecule has 1 heterocycles. The summed E-state index contributed by atoms with van der Waals surface area (Å²) in [4.78, 5) is 25.9. The number of benzene rings is 2. The van der Waals surface area contributed by atoms with Crippen LogP contribution in [0.1, 0.15) is 36.5 Å². The van der Waals surface area contributed by atoms with Gasteiger partial charge >= 0.3 is 0 Å². The predicted molar refractivity (Wildman–Crippen MR) is 111 cm³/mol. The summed E-state index contributed by atoms with van der Waals surface area (Å²) < 4.78 is 2.28. The third-order valence-corrected chi connectivity index (χ3v) is 5.17. The number of carbonyl (C=O) groups is 1. The first-order valence-electron chi connectivity index (χ1n) is 8.95. The van der Waals surface area contributed by atoms with Gasteiger partial charge in [-0.3, -0.25) is 9.59 Å². The second kappa shape index (κ2) is 8.39. The Labute approximate surface area is 165 Å². The summed E-state index contributed by atoms with van der Waals surface area (Å²) in [6.45, 7) is 2.59. The highest BCUT2D eigenvalue weighted by molar-refractivity contribution is 9.10. The van der Waals surface area contributed by atoms with E-state index in [-0.39, 0.29) is 11.3 Å². The fraction of sp³-hybridized carbons (Fsp3) is 0.238. The number of hydrogen-bond acceptors (Lipinski definition) is 3. The van der Waals surface area contributed by atoms with Gasteiger partial charge in [0, 0.05) is 16.4 Å². The molecule has 1 aromatic heterocycles. The van der Waals surface area contributed by atoms with Crippen molar-refractivity contribution in [2.24, 2.45) is 0 Å². The third kappa shape index (κ3) is 3.90. The Bertz CT molecular complexity index is 1040. The minimum absolute atomic E-state index is 0.235. The molecule has 3 rings (SSSR count). The first-order valence-corrected chi connectivity index (χ1v) is 9.74. The maximum Gasteiger partial charge on any atom is 0.267 e. The molecule has 0 aliphatic heterocycles. The lowest BCUT2D eigenvalue weighted by Gasteiger charge is -2.15. The molecule has 2 aromatic carbocycles. The highest BCUT2D eigenvalue weighted by Gasteiger charge is 2.22. The predicted octanol–water partition coefficient (Wildman–Crippen LogP) is 4.91. The van der Waals surface area contributed by atoms with Crippen molar-refractivity contribution in [3.63, 3.8) is 0 Å². The molecule has 0 radical (unpaired) electrons. The van der Waals surface area contributed by atoms with E-state index in [9.17, 15) is 14.7 Å². The van der Waals surface area contributed by atoms with Crippen molar-refractivity contribution in [3.05, 3.63) is 68.9 Å². The van der Waals surface area contributed by atoms with E-state index in [1.165, 1.54) is 0 Å². The third-order valence-electron chi connectivity index (χ3n) is 4.48. The van der Waals surface area contributed by atoms with Crippen molar-refractivity contribution in [1.29, 1.82) is 0 Å². The van der Waals surface area contributed by atoms with Gasteiger partial charge in [0.25, 0.3) is 11.5 Å². The molecule has 0 aliphatic carbocycles. The van der Waals surface area contributed by atoms with Crippen LogP contribution in [-0.2, 0) is 6.54 Å². The normalized spacial score (nSPS) is 10.9. The van der Waals surface area contributed by atoms with E-state index in [1.807, 2.05) is 12.1 Å². The number of pyridine rings is 1. The summed E-state index contributed by atoms with van der Waals surface area (Å²) in [5.74, 6) is -0.911. The zero-order chi connectivity index (χ0) is 19.4. The highest BCUT2D eigenvalue weighted by atomic mass is 79.9. The van der Waals surface area contributed by atoms with Gasteiger partial charge in [-0.25, -0.2) is 0 Å². The average molecular weight is 429 g/mol. The lowest BCUT2D eigenvalue weighted by molar-refractivity contribution is 0.102. The molecule has 0 spiro atoms. The summed E-state index contributed by atoms with van der Waals surface area (Å²) in [6, 6.07) is 14.2. The molecule has 2 N–H and O–H groups in total. The molecule has 0 aliphatic rings. The molecule has 1 amide bonds. The van der Waals surface area contributed by atoms with E-state index in [2.05, 4.69) is 28.2 Å². The fourth-order valence-electron chi connectivity index (χ4n) is 3.08. The Morgan fingerprint density at radius 2 is 1.81 bits per heavy atom. The largest absolute Gasteiger partial charge is 0.506 e. The van der Waals surface area contributed by atoms with Gasteiger partial charge in [0.1, 0.15) is 11.3 Å². The standard InChI is InChI=1S/C21H21BrN2O3/c1-2-3-8-13-24-17-12-7-4-9-14(17)19(25)18(21(24)27)20(26)23-16-11-6-5-10-15(16)22/h4-7,9-12,25H,2-3,8,13H2,1H3,(H,23,26). The van der Waals surface area contributed by atoms with Crippen molar-refractivity contribution in [2.75, 3.05) is 5.32 Å². The van der Waals surface area contributed by atoms with E-state index in [0.29, 0.717) is 27.6 Å². The molecule has 0 saturated carbocycles. The molecule has 0 fully saturated rings. The van der Waals surface area contributed by atoms with Crippen LogP contribution in [0, 0.1) is 0 Å². The van der Waals surface area contributed by atoms with Crippen molar-refractivity contribution >= 4 is 38.4 Å². The van der Waals surface area contributed by atoms with Gasteiger partial charge in [0.2, 0.25) is 0 Å². The monoisotopic (exact) mass is 428 g/mol. The number of amides is 1. The van der Waals surface area contributed by atoms with Crippen molar-refractivity contribution in [2.45, 2.75) is 32.7 Å². The van der Waals surface area contributed by atoms with Gasteiger partial charge in [-0.15, -0.1) is 0 Å². The van der Waals surface area contributed by atoms with E-state index < -0.39 is 11.5 Å². The quantitative estimate of drug-likeness (QED) is 0.547. The number of aromatic hydroxyl groups is 1. The molecule has 0 unspecified atom stereocenters. The summed E-state index contributed by atoms with van der Waals surface area (Å²) >= 11 is 3.37. The van der Waals surface area contributed by atoms with Crippen LogP contribution in [0.25, 0.3) is 10.9 Å². The molecule has 0 bridgehead atoms. The number of rotatable bonds is 6. The molecule has 0 atom stereocenters. The number of para-hydroxylation sites is 2. The van der Waals surface area contributed by atoms with Crippen molar-refractivity contribution in [1.82, 2.24) is 4.57 Å². The number of anilines is 1. The molecule has 0 saturated heterocycles. The SMILES string of the molecule is CCCCCn1c(=O)c(C(=O)Nc2ccccc2Br)c(O)c2ccccc21. The van der Waals surface area contributed by atoms with Crippen LogP contribution in [0.2, 0.25) is 0 Å². The fourth-order valence-corrected chi connectivity index (χ4v) is 3.47. The molecule has 3 aromatic rings. The number of fused-ring (bicyclic) bond motifs is 1. The minimum atomic E-state index is -0.626. The molecule has 6 heteroatoms. The maximum atomic E-state index is 13.0. The topological polar surface area (TPSA) is 71.3 Å². The Morgan fingerprint density at radius 1 is 1.11 bits per heavy atom. The number of aromatic nitrogens is 1. The van der Waals surface area contributed by atoms with Gasteiger partial charge in [-0.1, -0.05) is 44.0 Å². The Balaban J connectivity index is 2.10. The van der Waals surface area contributed by atoms with Crippen LogP contribution in [0.3, 0.4) is 0 Å². The number of halogens is 1.